The Labute approximate surface area is 208 Å². The average molecular weight is 479 g/mol. The van der Waals surface area contributed by atoms with Crippen LogP contribution in [0.15, 0.2) is 30.3 Å². The number of hydrogen-bond acceptors (Lipinski definition) is 4. The number of piperidine rings is 1. The molecule has 7 nitrogen and oxygen atoms in total. The van der Waals surface area contributed by atoms with Gasteiger partial charge in [-0.05, 0) is 43.2 Å². The number of carbonyl (C=O) groups is 3. The fourth-order valence-corrected chi connectivity index (χ4v) is 3.51. The van der Waals surface area contributed by atoms with E-state index < -0.39 is 51.9 Å². The molecule has 1 aliphatic heterocycles. The molecule has 0 bridgehead atoms. The van der Waals surface area contributed by atoms with Crippen LogP contribution in [0.25, 0.3) is 0 Å². The number of anilines is 2. The van der Waals surface area contributed by atoms with Gasteiger partial charge < -0.3 is 15.3 Å². The maximum absolute atomic E-state index is 13.8. The number of halogens is 4. The van der Waals surface area contributed by atoms with Crippen molar-refractivity contribution in [2.24, 2.45) is 5.92 Å². The molecule has 1 radical (unpaired) electrons. The van der Waals surface area contributed by atoms with Crippen LogP contribution in [0.2, 0.25) is 5.02 Å². The molecule has 1 aliphatic rings. The van der Waals surface area contributed by atoms with E-state index in [9.17, 15) is 27.6 Å². The quantitative estimate of drug-likeness (QED) is 0.460. The Hall–Kier alpha value is -2.27. The zero-order valence-electron chi connectivity index (χ0n) is 16.9. The second-order valence-electron chi connectivity index (χ2n) is 6.92. The van der Waals surface area contributed by atoms with Gasteiger partial charge in [0.25, 0.3) is 5.91 Å². The van der Waals surface area contributed by atoms with Gasteiger partial charge in [0.1, 0.15) is 5.82 Å². The number of benzene rings is 2. The fourth-order valence-electron chi connectivity index (χ4n) is 3.27. The standard InChI is InChI=1S/C20H17ClF3N3O4.Na/c21-13-9-15(24)14(23)8-12(13)18(28)26-20(31)25-16-7-11(22)1-2-17(16)27-5-3-10(4-6-27)19(29)30;/h1-2,7-10H,3-6H2,(H,29,30)(H2,25,26,28,31);. The summed E-state index contributed by atoms with van der Waals surface area (Å²) in [5.41, 5.74) is 0.0417. The summed E-state index contributed by atoms with van der Waals surface area (Å²) in [7, 11) is 0. The number of nitrogens with one attached hydrogen (secondary N) is 2. The van der Waals surface area contributed by atoms with Gasteiger partial charge in [0.05, 0.1) is 27.9 Å². The van der Waals surface area contributed by atoms with Crippen LogP contribution < -0.4 is 15.5 Å². The van der Waals surface area contributed by atoms with Crippen LogP contribution in [0.5, 0.6) is 0 Å². The molecule has 0 unspecified atom stereocenters. The number of imide groups is 1. The molecular formula is C20H17ClF3N3NaO4. The molecule has 2 aromatic carbocycles. The molecule has 0 aromatic heterocycles. The summed E-state index contributed by atoms with van der Waals surface area (Å²) in [5, 5.41) is 13.0. The molecule has 2 aromatic rings. The van der Waals surface area contributed by atoms with Crippen LogP contribution in [0, 0.1) is 23.4 Å². The number of rotatable bonds is 4. The number of hydrogen-bond donors (Lipinski definition) is 3. The third kappa shape index (κ3) is 6.16. The zero-order valence-corrected chi connectivity index (χ0v) is 19.7. The van der Waals surface area contributed by atoms with E-state index in [1.165, 1.54) is 12.1 Å². The van der Waals surface area contributed by atoms with Crippen molar-refractivity contribution >= 4 is 70.4 Å². The second-order valence-corrected chi connectivity index (χ2v) is 7.32. The van der Waals surface area contributed by atoms with Gasteiger partial charge in [-0.3, -0.25) is 14.9 Å². The molecule has 1 saturated heterocycles. The largest absolute Gasteiger partial charge is 0.481 e. The van der Waals surface area contributed by atoms with Crippen molar-refractivity contribution in [3.63, 3.8) is 0 Å². The van der Waals surface area contributed by atoms with Crippen LogP contribution in [-0.4, -0.2) is 65.7 Å². The topological polar surface area (TPSA) is 98.7 Å². The first-order chi connectivity index (χ1) is 14.7. The first-order valence-electron chi connectivity index (χ1n) is 9.20. The number of nitrogens with zero attached hydrogens (tertiary/aromatic N) is 1. The van der Waals surface area contributed by atoms with Gasteiger partial charge in [-0.25, -0.2) is 18.0 Å². The Morgan fingerprint density at radius 2 is 1.66 bits per heavy atom. The van der Waals surface area contributed by atoms with Gasteiger partial charge in [-0.15, -0.1) is 0 Å². The molecule has 0 atom stereocenters. The van der Waals surface area contributed by atoms with E-state index in [0.29, 0.717) is 43.8 Å². The molecule has 1 fully saturated rings. The smallest absolute Gasteiger partial charge is 0.326 e. The Kier molecular flexibility index (Phi) is 8.97. The summed E-state index contributed by atoms with van der Waals surface area (Å²) in [5.74, 6) is -5.65. The van der Waals surface area contributed by atoms with Crippen LogP contribution in [0.1, 0.15) is 23.2 Å². The molecule has 0 spiro atoms. The predicted molar refractivity (Wildman–Crippen MR) is 113 cm³/mol. The van der Waals surface area contributed by atoms with Crippen molar-refractivity contribution in [2.75, 3.05) is 23.3 Å². The number of carboxylic acid groups (broad SMARTS) is 1. The normalized spacial score (nSPS) is 13.8. The number of urea groups is 1. The third-order valence-electron chi connectivity index (χ3n) is 4.87. The minimum absolute atomic E-state index is 0. The van der Waals surface area contributed by atoms with Gasteiger partial charge in [0, 0.05) is 42.6 Å². The summed E-state index contributed by atoms with van der Waals surface area (Å²) in [4.78, 5) is 37.4. The summed E-state index contributed by atoms with van der Waals surface area (Å²) in [6, 6.07) is 3.79. The first kappa shape index (κ1) is 26.0. The van der Waals surface area contributed by atoms with Gasteiger partial charge in [-0.1, -0.05) is 11.6 Å². The molecule has 32 heavy (non-hydrogen) atoms. The molecule has 0 aliphatic carbocycles. The summed E-state index contributed by atoms with van der Waals surface area (Å²) >= 11 is 5.72. The predicted octanol–water partition coefficient (Wildman–Crippen LogP) is 3.64. The minimum atomic E-state index is -1.31. The van der Waals surface area contributed by atoms with Crippen LogP contribution in [-0.2, 0) is 4.79 Å². The number of carbonyl (C=O) groups excluding carboxylic acids is 2. The van der Waals surface area contributed by atoms with Gasteiger partial charge in [-0.2, -0.15) is 0 Å². The Morgan fingerprint density at radius 1 is 1.03 bits per heavy atom. The van der Waals surface area contributed by atoms with E-state index in [1.807, 2.05) is 5.32 Å². The van der Waals surface area contributed by atoms with Crippen LogP contribution in [0.4, 0.5) is 29.3 Å². The van der Waals surface area contributed by atoms with Crippen LogP contribution >= 0.6 is 11.6 Å². The van der Waals surface area contributed by atoms with E-state index in [4.69, 9.17) is 16.7 Å². The monoisotopic (exact) mass is 478 g/mol. The van der Waals surface area contributed by atoms with E-state index in [2.05, 4.69) is 5.32 Å². The number of carboxylic acids is 1. The molecule has 3 N–H and O–H groups in total. The van der Waals surface area contributed by atoms with E-state index in [1.54, 1.807) is 4.90 Å². The molecular weight excluding hydrogens is 462 g/mol. The van der Waals surface area contributed by atoms with Crippen molar-refractivity contribution in [3.8, 4) is 0 Å². The van der Waals surface area contributed by atoms with E-state index in [0.717, 1.165) is 6.07 Å². The maximum atomic E-state index is 13.8. The zero-order chi connectivity index (χ0) is 22.7. The van der Waals surface area contributed by atoms with Gasteiger partial charge in [0.2, 0.25) is 0 Å². The van der Waals surface area contributed by atoms with Crippen molar-refractivity contribution in [2.45, 2.75) is 12.8 Å². The minimum Gasteiger partial charge on any atom is -0.481 e. The van der Waals surface area contributed by atoms with Crippen molar-refractivity contribution in [1.29, 1.82) is 0 Å². The summed E-state index contributed by atoms with van der Waals surface area (Å²) in [6.07, 6.45) is 0.761. The van der Waals surface area contributed by atoms with E-state index >= 15 is 0 Å². The second kappa shape index (κ2) is 11.0. The molecule has 1 heterocycles. The molecule has 0 saturated carbocycles. The summed E-state index contributed by atoms with van der Waals surface area (Å²) < 4.78 is 40.3. The molecule has 3 amide bonds. The van der Waals surface area contributed by atoms with Crippen molar-refractivity contribution in [1.82, 2.24) is 5.32 Å². The number of aliphatic carboxylic acids is 1. The molecule has 165 valence electrons. The summed E-state index contributed by atoms with van der Waals surface area (Å²) in [6.45, 7) is 0.755. The van der Waals surface area contributed by atoms with Gasteiger partial charge >= 0.3 is 12.0 Å². The molecule has 12 heteroatoms. The van der Waals surface area contributed by atoms with Crippen molar-refractivity contribution in [3.05, 3.63) is 58.4 Å². The SMILES string of the molecule is O=C(NC(=O)c1cc(F)c(F)cc1Cl)Nc1cc(F)ccc1N1CCC(C(=O)O)CC1.[Na]. The van der Waals surface area contributed by atoms with Crippen molar-refractivity contribution < 1.29 is 32.7 Å². The van der Waals surface area contributed by atoms with Crippen LogP contribution in [0.3, 0.4) is 0 Å². The maximum Gasteiger partial charge on any atom is 0.326 e. The fraction of sp³-hybridized carbons (Fsp3) is 0.250. The first-order valence-corrected chi connectivity index (χ1v) is 9.57. The Balaban J connectivity index is 0.00000363. The number of amides is 3. The van der Waals surface area contributed by atoms with E-state index in [-0.39, 0.29) is 35.2 Å². The van der Waals surface area contributed by atoms with Gasteiger partial charge in [0.15, 0.2) is 11.6 Å². The third-order valence-corrected chi connectivity index (χ3v) is 5.19. The molecule has 3 rings (SSSR count). The Bertz CT molecular complexity index is 1050. The Morgan fingerprint density at radius 3 is 2.28 bits per heavy atom. The average Bonchev–Trinajstić information content (AvgIpc) is 2.70.